The Labute approximate surface area is 171 Å². The standard InChI is InChI=1S/C21H21F3N2O4/c1-12-6-4-5-7-17(12)14(3)29-20(28)26-18(13(2)25)19(27)15-8-10-16(11-9-15)30-21(22,23)24/h4-11,14H,25H2,1-3H3,(H,26,28). The van der Waals surface area contributed by atoms with Crippen molar-refractivity contribution < 1.29 is 32.2 Å². The first kappa shape index (κ1) is 22.8. The summed E-state index contributed by atoms with van der Waals surface area (Å²) in [5, 5.41) is 2.32. The normalized spacial score (nSPS) is 13.1. The summed E-state index contributed by atoms with van der Waals surface area (Å²) < 4.78 is 45.9. The van der Waals surface area contributed by atoms with Gasteiger partial charge in [-0.1, -0.05) is 24.3 Å². The minimum absolute atomic E-state index is 0.0103. The maximum atomic E-state index is 12.7. The van der Waals surface area contributed by atoms with Crippen molar-refractivity contribution in [3.05, 3.63) is 76.6 Å². The Morgan fingerprint density at radius 2 is 1.67 bits per heavy atom. The highest BCUT2D eigenvalue weighted by molar-refractivity contribution is 6.10. The molecular weight excluding hydrogens is 401 g/mol. The van der Waals surface area contributed by atoms with E-state index in [1.165, 1.54) is 6.92 Å². The molecule has 0 aromatic heterocycles. The summed E-state index contributed by atoms with van der Waals surface area (Å²) in [4.78, 5) is 24.9. The number of amides is 1. The van der Waals surface area contributed by atoms with E-state index >= 15 is 0 Å². The van der Waals surface area contributed by atoms with Crippen LogP contribution in [-0.2, 0) is 4.74 Å². The second kappa shape index (κ2) is 9.34. The number of aryl methyl sites for hydroxylation is 1. The summed E-state index contributed by atoms with van der Waals surface area (Å²) in [7, 11) is 0. The van der Waals surface area contributed by atoms with Crippen LogP contribution in [0.2, 0.25) is 0 Å². The van der Waals surface area contributed by atoms with Gasteiger partial charge in [0.2, 0.25) is 5.78 Å². The third-order valence-corrected chi connectivity index (χ3v) is 4.11. The zero-order valence-corrected chi connectivity index (χ0v) is 16.5. The monoisotopic (exact) mass is 422 g/mol. The molecule has 1 unspecified atom stereocenters. The van der Waals surface area contributed by atoms with E-state index in [4.69, 9.17) is 10.5 Å². The molecule has 0 aliphatic rings. The van der Waals surface area contributed by atoms with Crippen LogP contribution < -0.4 is 15.8 Å². The lowest BCUT2D eigenvalue weighted by Crippen LogP contribution is -2.31. The highest BCUT2D eigenvalue weighted by Crippen LogP contribution is 2.24. The van der Waals surface area contributed by atoms with Crippen LogP contribution in [0.1, 0.15) is 41.4 Å². The summed E-state index contributed by atoms with van der Waals surface area (Å²) in [5.41, 5.74) is 7.24. The molecule has 9 heteroatoms. The van der Waals surface area contributed by atoms with E-state index in [1.807, 2.05) is 31.2 Å². The summed E-state index contributed by atoms with van der Waals surface area (Å²) >= 11 is 0. The van der Waals surface area contributed by atoms with Gasteiger partial charge in [0.1, 0.15) is 17.6 Å². The van der Waals surface area contributed by atoms with E-state index < -0.39 is 30.1 Å². The van der Waals surface area contributed by atoms with Gasteiger partial charge in [-0.05, 0) is 56.2 Å². The summed E-state index contributed by atoms with van der Waals surface area (Å²) in [5.74, 6) is -1.16. The molecule has 0 aliphatic carbocycles. The van der Waals surface area contributed by atoms with E-state index in [2.05, 4.69) is 10.1 Å². The molecule has 0 heterocycles. The van der Waals surface area contributed by atoms with Crippen molar-refractivity contribution >= 4 is 11.9 Å². The van der Waals surface area contributed by atoms with Gasteiger partial charge >= 0.3 is 12.5 Å². The fourth-order valence-electron chi connectivity index (χ4n) is 2.69. The zero-order valence-electron chi connectivity index (χ0n) is 16.5. The molecule has 0 radical (unpaired) electrons. The van der Waals surface area contributed by atoms with Crippen LogP contribution in [0.3, 0.4) is 0 Å². The lowest BCUT2D eigenvalue weighted by Gasteiger charge is -2.17. The molecule has 160 valence electrons. The van der Waals surface area contributed by atoms with Crippen LogP contribution in [0.25, 0.3) is 0 Å². The molecule has 2 rings (SSSR count). The maximum Gasteiger partial charge on any atom is 0.573 e. The molecule has 2 aromatic rings. The Bertz CT molecular complexity index is 949. The number of ether oxygens (including phenoxy) is 2. The topological polar surface area (TPSA) is 90.6 Å². The molecule has 0 spiro atoms. The second-order valence-electron chi connectivity index (χ2n) is 6.49. The van der Waals surface area contributed by atoms with Gasteiger partial charge in [-0.2, -0.15) is 0 Å². The van der Waals surface area contributed by atoms with Crippen molar-refractivity contribution in [3.8, 4) is 5.75 Å². The summed E-state index contributed by atoms with van der Waals surface area (Å²) in [6.07, 6.45) is -6.32. The van der Waals surface area contributed by atoms with Crippen molar-refractivity contribution in [1.29, 1.82) is 0 Å². The molecular formula is C21H21F3N2O4. The first-order valence-corrected chi connectivity index (χ1v) is 8.88. The third-order valence-electron chi connectivity index (χ3n) is 4.11. The number of Topliss-reactive ketones (excluding diaryl/α,β-unsaturated/α-hetero) is 1. The number of nitrogens with two attached hydrogens (primary N) is 1. The average Bonchev–Trinajstić information content (AvgIpc) is 2.65. The predicted octanol–water partition coefficient (Wildman–Crippen LogP) is 4.75. The number of rotatable bonds is 6. The third kappa shape index (κ3) is 6.26. The number of allylic oxidation sites excluding steroid dienone is 2. The Hall–Kier alpha value is -3.49. The number of hydrogen-bond donors (Lipinski definition) is 2. The van der Waals surface area contributed by atoms with E-state index in [0.29, 0.717) is 0 Å². The number of ketones is 1. The van der Waals surface area contributed by atoms with Crippen molar-refractivity contribution in [1.82, 2.24) is 5.32 Å². The number of alkyl halides is 3. The van der Waals surface area contributed by atoms with E-state index in [1.54, 1.807) is 6.92 Å². The van der Waals surface area contributed by atoms with Gasteiger partial charge in [0.05, 0.1) is 0 Å². The van der Waals surface area contributed by atoms with Gasteiger partial charge in [0.25, 0.3) is 0 Å². The highest BCUT2D eigenvalue weighted by Gasteiger charge is 2.31. The maximum absolute atomic E-state index is 12.7. The number of halogens is 3. The fraction of sp³-hybridized carbons (Fsp3) is 0.238. The van der Waals surface area contributed by atoms with E-state index in [0.717, 1.165) is 35.4 Å². The Morgan fingerprint density at radius 3 is 2.20 bits per heavy atom. The van der Waals surface area contributed by atoms with Gasteiger partial charge < -0.3 is 15.2 Å². The first-order valence-electron chi connectivity index (χ1n) is 8.88. The smallest absolute Gasteiger partial charge is 0.441 e. The highest BCUT2D eigenvalue weighted by atomic mass is 19.4. The molecule has 1 amide bonds. The number of carbonyl (C=O) groups excluding carboxylic acids is 2. The van der Waals surface area contributed by atoms with Gasteiger partial charge in [0.15, 0.2) is 0 Å². The molecule has 0 bridgehead atoms. The SMILES string of the molecule is CC(N)=C(NC(=O)OC(C)c1ccccc1C)C(=O)c1ccc(OC(F)(F)F)cc1. The van der Waals surface area contributed by atoms with Gasteiger partial charge in [-0.25, -0.2) is 4.79 Å². The first-order chi connectivity index (χ1) is 14.0. The zero-order chi connectivity index (χ0) is 22.5. The Morgan fingerprint density at radius 1 is 1.07 bits per heavy atom. The average molecular weight is 422 g/mol. The minimum Gasteiger partial charge on any atom is -0.441 e. The largest absolute Gasteiger partial charge is 0.573 e. The van der Waals surface area contributed by atoms with Gasteiger partial charge in [0, 0.05) is 11.3 Å². The summed E-state index contributed by atoms with van der Waals surface area (Å²) in [6.45, 7) is 4.96. The second-order valence-corrected chi connectivity index (χ2v) is 6.49. The lowest BCUT2D eigenvalue weighted by molar-refractivity contribution is -0.274. The van der Waals surface area contributed by atoms with Crippen LogP contribution in [0, 0.1) is 6.92 Å². The lowest BCUT2D eigenvalue weighted by atomic mass is 10.0. The number of hydrogen-bond acceptors (Lipinski definition) is 5. The van der Waals surface area contributed by atoms with E-state index in [9.17, 15) is 22.8 Å². The Kier molecular flexibility index (Phi) is 7.10. The van der Waals surface area contributed by atoms with Gasteiger partial charge in [-0.3, -0.25) is 10.1 Å². The molecule has 6 nitrogen and oxygen atoms in total. The van der Waals surface area contributed by atoms with Crippen molar-refractivity contribution in [2.24, 2.45) is 5.73 Å². The number of alkyl carbamates (subject to hydrolysis) is 1. The molecule has 1 atom stereocenters. The molecule has 0 saturated heterocycles. The number of benzene rings is 2. The van der Waals surface area contributed by atoms with Gasteiger partial charge in [-0.15, -0.1) is 13.2 Å². The van der Waals surface area contributed by atoms with Crippen LogP contribution in [0.15, 0.2) is 59.9 Å². The summed E-state index contributed by atoms with van der Waals surface area (Å²) in [6, 6.07) is 11.6. The van der Waals surface area contributed by atoms with E-state index in [-0.39, 0.29) is 17.0 Å². The van der Waals surface area contributed by atoms with Crippen LogP contribution >= 0.6 is 0 Å². The molecule has 3 N–H and O–H groups in total. The molecule has 0 fully saturated rings. The molecule has 30 heavy (non-hydrogen) atoms. The van der Waals surface area contributed by atoms with Crippen molar-refractivity contribution in [3.63, 3.8) is 0 Å². The van der Waals surface area contributed by atoms with Crippen LogP contribution in [0.5, 0.6) is 5.75 Å². The quantitative estimate of drug-likeness (QED) is 0.518. The predicted molar refractivity (Wildman–Crippen MR) is 104 cm³/mol. The van der Waals surface area contributed by atoms with Crippen LogP contribution in [0.4, 0.5) is 18.0 Å². The van der Waals surface area contributed by atoms with Crippen molar-refractivity contribution in [2.45, 2.75) is 33.2 Å². The Balaban J connectivity index is 2.10. The number of carbonyl (C=O) groups is 2. The molecule has 0 saturated carbocycles. The molecule has 2 aromatic carbocycles. The number of nitrogens with one attached hydrogen (secondary N) is 1. The van der Waals surface area contributed by atoms with Crippen LogP contribution in [-0.4, -0.2) is 18.2 Å². The minimum atomic E-state index is -4.84. The fourth-order valence-corrected chi connectivity index (χ4v) is 2.69. The van der Waals surface area contributed by atoms with Crippen molar-refractivity contribution in [2.75, 3.05) is 0 Å². The molecule has 0 aliphatic heterocycles.